The van der Waals surface area contributed by atoms with Gasteiger partial charge in [-0.25, -0.2) is 4.98 Å². The van der Waals surface area contributed by atoms with E-state index >= 15 is 0 Å². The summed E-state index contributed by atoms with van der Waals surface area (Å²) in [6, 6.07) is 20.0. The number of rotatable bonds is 5. The van der Waals surface area contributed by atoms with Crippen LogP contribution in [0.15, 0.2) is 66.9 Å². The molecule has 1 aliphatic heterocycles. The lowest BCUT2D eigenvalue weighted by molar-refractivity contribution is -0.119. The molecule has 3 heterocycles. The Balaban J connectivity index is 1.57. The third kappa shape index (κ3) is 3.61. The van der Waals surface area contributed by atoms with E-state index in [-0.39, 0.29) is 5.78 Å². The van der Waals surface area contributed by atoms with E-state index in [9.17, 15) is 4.79 Å². The number of benzene rings is 2. The van der Waals surface area contributed by atoms with Crippen LogP contribution in [-0.2, 0) is 11.2 Å². The first-order chi connectivity index (χ1) is 15.1. The lowest BCUT2D eigenvalue weighted by atomic mass is 10.0. The smallest absolute Gasteiger partial charge is 0.171 e. The predicted octanol–water partition coefficient (Wildman–Crippen LogP) is 5.21. The normalized spacial score (nSPS) is 11.8. The molecule has 154 valence electrons. The van der Waals surface area contributed by atoms with E-state index in [0.29, 0.717) is 18.8 Å². The highest BCUT2D eigenvalue weighted by Gasteiger charge is 2.24. The fraction of sp³-hybridized carbons (Fsp3) is 0.200. The molecule has 0 saturated heterocycles. The van der Waals surface area contributed by atoms with E-state index in [2.05, 4.69) is 34.3 Å². The fourth-order valence-electron chi connectivity index (χ4n) is 3.99. The molecule has 0 fully saturated rings. The molecule has 0 bridgehead atoms. The number of nitrogens with zero attached hydrogens (tertiary/aromatic N) is 4. The molecule has 0 amide bonds. The van der Waals surface area contributed by atoms with Crippen LogP contribution < -0.4 is 5.32 Å². The van der Waals surface area contributed by atoms with E-state index in [1.165, 1.54) is 0 Å². The number of fused-ring (bicyclic) bond motifs is 5. The zero-order valence-corrected chi connectivity index (χ0v) is 17.5. The number of carbonyl (C=O) groups is 1. The van der Waals surface area contributed by atoms with Crippen molar-refractivity contribution < 1.29 is 4.79 Å². The van der Waals surface area contributed by atoms with Gasteiger partial charge in [-0.05, 0) is 35.7 Å². The van der Waals surface area contributed by atoms with Crippen LogP contribution in [0.4, 0.5) is 11.5 Å². The summed E-state index contributed by atoms with van der Waals surface area (Å²) in [5, 5.41) is 12.5. The van der Waals surface area contributed by atoms with Gasteiger partial charge in [-0.15, -0.1) is 10.2 Å². The Bertz CT molecular complexity index is 1260. The Morgan fingerprint density at radius 1 is 0.968 bits per heavy atom. The fourth-order valence-corrected chi connectivity index (χ4v) is 3.99. The number of nitrogens with one attached hydrogen (secondary N) is 1. The number of hydrogen-bond acceptors (Lipinski definition) is 5. The van der Waals surface area contributed by atoms with Gasteiger partial charge in [-0.2, -0.15) is 0 Å². The first-order valence-corrected chi connectivity index (χ1v) is 10.5. The van der Waals surface area contributed by atoms with Gasteiger partial charge in [0, 0.05) is 30.2 Å². The molecule has 0 spiro atoms. The molecule has 0 aliphatic carbocycles. The molecular weight excluding hydrogens is 386 g/mol. The molecule has 5 rings (SSSR count). The van der Waals surface area contributed by atoms with Crippen LogP contribution in [-0.4, -0.2) is 25.5 Å². The van der Waals surface area contributed by atoms with Gasteiger partial charge in [0.1, 0.15) is 5.78 Å². The maximum Gasteiger partial charge on any atom is 0.171 e. The van der Waals surface area contributed by atoms with E-state index in [4.69, 9.17) is 0 Å². The maximum atomic E-state index is 12.2. The summed E-state index contributed by atoms with van der Waals surface area (Å²) in [5.41, 5.74) is 4.76. The number of para-hydroxylation sites is 1. The quantitative estimate of drug-likeness (QED) is 0.431. The molecular formula is C25H23N5O. The minimum Gasteiger partial charge on any atom is -0.338 e. The van der Waals surface area contributed by atoms with Crippen molar-refractivity contribution in [1.82, 2.24) is 19.7 Å². The molecule has 0 unspecified atom stereocenters. The SMILES string of the molecule is CC(C)CC(=O)Cc1ccc(-c2nnc3n2-c2cccnc2Nc2ccccc2-3)cc1. The molecule has 2 aromatic heterocycles. The number of pyridine rings is 1. The molecule has 6 nitrogen and oxygen atoms in total. The average Bonchev–Trinajstić information content (AvgIpc) is 3.13. The second kappa shape index (κ2) is 7.80. The van der Waals surface area contributed by atoms with Crippen molar-refractivity contribution in [2.24, 2.45) is 5.92 Å². The Morgan fingerprint density at radius 3 is 2.55 bits per heavy atom. The molecule has 0 saturated carbocycles. The third-order valence-corrected chi connectivity index (χ3v) is 5.36. The molecule has 2 aromatic carbocycles. The van der Waals surface area contributed by atoms with Crippen molar-refractivity contribution >= 4 is 17.3 Å². The van der Waals surface area contributed by atoms with Gasteiger partial charge >= 0.3 is 0 Å². The summed E-state index contributed by atoms with van der Waals surface area (Å²) in [6.07, 6.45) is 2.84. The summed E-state index contributed by atoms with van der Waals surface area (Å²) >= 11 is 0. The van der Waals surface area contributed by atoms with Crippen LogP contribution in [0.5, 0.6) is 0 Å². The Kier molecular flexibility index (Phi) is 4.82. The zero-order chi connectivity index (χ0) is 21.4. The third-order valence-electron chi connectivity index (χ3n) is 5.36. The minimum atomic E-state index is 0.266. The maximum absolute atomic E-state index is 12.2. The van der Waals surface area contributed by atoms with Crippen molar-refractivity contribution in [3.8, 4) is 28.5 Å². The topological polar surface area (TPSA) is 72.7 Å². The van der Waals surface area contributed by atoms with Gasteiger partial charge in [0.05, 0.1) is 11.4 Å². The van der Waals surface area contributed by atoms with Gasteiger partial charge in [0.15, 0.2) is 17.5 Å². The van der Waals surface area contributed by atoms with E-state index < -0.39 is 0 Å². The predicted molar refractivity (Wildman–Crippen MR) is 121 cm³/mol. The first kappa shape index (κ1) is 19.2. The van der Waals surface area contributed by atoms with Gasteiger partial charge in [-0.1, -0.05) is 50.2 Å². The lowest BCUT2D eigenvalue weighted by Gasteiger charge is -2.11. The molecule has 0 atom stereocenters. The number of carbonyl (C=O) groups excluding carboxylic acids is 1. The minimum absolute atomic E-state index is 0.266. The van der Waals surface area contributed by atoms with Crippen molar-refractivity contribution in [3.63, 3.8) is 0 Å². The number of aromatic nitrogens is 4. The molecule has 0 radical (unpaired) electrons. The van der Waals surface area contributed by atoms with Crippen molar-refractivity contribution in [1.29, 1.82) is 0 Å². The number of ketones is 1. The molecule has 4 aromatic rings. The van der Waals surface area contributed by atoms with Gasteiger partial charge in [0.25, 0.3) is 0 Å². The summed E-state index contributed by atoms with van der Waals surface area (Å²) in [4.78, 5) is 16.7. The van der Waals surface area contributed by atoms with Crippen molar-refractivity contribution in [2.45, 2.75) is 26.7 Å². The van der Waals surface area contributed by atoms with Crippen LogP contribution in [0.25, 0.3) is 28.5 Å². The Hall–Kier alpha value is -3.80. The van der Waals surface area contributed by atoms with Crippen LogP contribution in [0.2, 0.25) is 0 Å². The standard InChI is InChI=1S/C25H23N5O/c1-16(2)14-19(31)15-17-9-11-18(12-10-17)24-28-29-25-20-6-3-4-7-21(20)27-23-22(30(24)25)8-5-13-26-23/h3-13,16H,14-15H2,1-2H3,(H,26,27). The lowest BCUT2D eigenvalue weighted by Crippen LogP contribution is -2.06. The number of hydrogen-bond donors (Lipinski definition) is 1. The monoisotopic (exact) mass is 409 g/mol. The number of anilines is 2. The highest BCUT2D eigenvalue weighted by molar-refractivity contribution is 5.85. The Labute approximate surface area is 181 Å². The van der Waals surface area contributed by atoms with E-state index in [1.54, 1.807) is 6.20 Å². The summed E-state index contributed by atoms with van der Waals surface area (Å²) in [6.45, 7) is 4.13. The second-order valence-electron chi connectivity index (χ2n) is 8.23. The van der Waals surface area contributed by atoms with Gasteiger partial charge < -0.3 is 5.32 Å². The summed E-state index contributed by atoms with van der Waals surface area (Å²) < 4.78 is 2.04. The average molecular weight is 409 g/mol. The van der Waals surface area contributed by atoms with Crippen LogP contribution in [0, 0.1) is 5.92 Å². The van der Waals surface area contributed by atoms with Gasteiger partial charge in [-0.3, -0.25) is 9.36 Å². The van der Waals surface area contributed by atoms with Crippen molar-refractivity contribution in [2.75, 3.05) is 5.32 Å². The summed E-state index contributed by atoms with van der Waals surface area (Å²) in [7, 11) is 0. The van der Waals surface area contributed by atoms with E-state index in [0.717, 1.165) is 45.5 Å². The second-order valence-corrected chi connectivity index (χ2v) is 8.23. The molecule has 31 heavy (non-hydrogen) atoms. The van der Waals surface area contributed by atoms with Crippen molar-refractivity contribution in [3.05, 3.63) is 72.4 Å². The highest BCUT2D eigenvalue weighted by atomic mass is 16.1. The van der Waals surface area contributed by atoms with Crippen LogP contribution in [0.1, 0.15) is 25.8 Å². The summed E-state index contributed by atoms with van der Waals surface area (Å²) in [5.74, 6) is 2.90. The Morgan fingerprint density at radius 2 is 1.74 bits per heavy atom. The van der Waals surface area contributed by atoms with Crippen LogP contribution in [0.3, 0.4) is 0 Å². The zero-order valence-electron chi connectivity index (χ0n) is 17.5. The first-order valence-electron chi connectivity index (χ1n) is 10.5. The largest absolute Gasteiger partial charge is 0.338 e. The molecule has 1 N–H and O–H groups in total. The number of Topliss-reactive ketones (excluding diaryl/α,β-unsaturated/α-hetero) is 1. The van der Waals surface area contributed by atoms with Crippen LogP contribution >= 0.6 is 0 Å². The van der Waals surface area contributed by atoms with E-state index in [1.807, 2.05) is 65.2 Å². The van der Waals surface area contributed by atoms with Gasteiger partial charge in [0.2, 0.25) is 0 Å². The molecule has 1 aliphatic rings. The highest BCUT2D eigenvalue weighted by Crippen LogP contribution is 2.38. The molecule has 6 heteroatoms.